The van der Waals surface area contributed by atoms with E-state index in [9.17, 15) is 9.59 Å². The molecule has 4 nitrogen and oxygen atoms in total. The highest BCUT2D eigenvalue weighted by Gasteiger charge is 2.10. The number of aryl methyl sites for hydroxylation is 1. The molecule has 2 aromatic heterocycles. The van der Waals surface area contributed by atoms with Crippen molar-refractivity contribution in [1.82, 2.24) is 9.55 Å². The van der Waals surface area contributed by atoms with Gasteiger partial charge in [-0.05, 0) is 12.5 Å². The quantitative estimate of drug-likeness (QED) is 0.833. The van der Waals surface area contributed by atoms with E-state index in [2.05, 4.69) is 17.8 Å². The van der Waals surface area contributed by atoms with Gasteiger partial charge in [0.1, 0.15) is 4.83 Å². The Kier molecular flexibility index (Phi) is 3.16. The molecule has 0 aliphatic rings. The zero-order valence-electron chi connectivity index (χ0n) is 9.45. The summed E-state index contributed by atoms with van der Waals surface area (Å²) in [4.78, 5) is 28.1. The van der Waals surface area contributed by atoms with Gasteiger partial charge in [0, 0.05) is 4.88 Å². The number of aromatic amines is 1. The molecule has 0 aliphatic carbocycles. The Morgan fingerprint density at radius 1 is 1.53 bits per heavy atom. The third kappa shape index (κ3) is 2.04. The molecule has 0 aromatic carbocycles. The van der Waals surface area contributed by atoms with Crippen molar-refractivity contribution in [3.05, 3.63) is 31.8 Å². The van der Waals surface area contributed by atoms with Gasteiger partial charge < -0.3 is 0 Å². The molecule has 0 atom stereocenters. The van der Waals surface area contributed by atoms with Crippen molar-refractivity contribution in [1.29, 1.82) is 0 Å². The molecular weight excluding hydrogens is 236 g/mol. The van der Waals surface area contributed by atoms with Gasteiger partial charge in [-0.25, -0.2) is 9.36 Å². The maximum atomic E-state index is 12.0. The minimum atomic E-state index is -0.439. The SMILES string of the molecule is C#CCn1c(=O)[nH]c2sc(CCC)cc2c1=O. The number of hydrogen-bond donors (Lipinski definition) is 1. The molecule has 0 radical (unpaired) electrons. The first-order chi connectivity index (χ1) is 8.17. The van der Waals surface area contributed by atoms with Gasteiger partial charge in [0.25, 0.3) is 5.56 Å². The summed E-state index contributed by atoms with van der Waals surface area (Å²) in [6.45, 7) is 2.08. The second kappa shape index (κ2) is 4.60. The van der Waals surface area contributed by atoms with Crippen LogP contribution in [0.15, 0.2) is 15.7 Å². The number of terminal acetylenes is 1. The lowest BCUT2D eigenvalue weighted by atomic mass is 10.2. The Morgan fingerprint density at radius 2 is 2.29 bits per heavy atom. The van der Waals surface area contributed by atoms with Gasteiger partial charge >= 0.3 is 5.69 Å². The number of nitrogens with one attached hydrogen (secondary N) is 1. The van der Waals surface area contributed by atoms with Crippen molar-refractivity contribution in [2.24, 2.45) is 0 Å². The maximum absolute atomic E-state index is 12.0. The van der Waals surface area contributed by atoms with Crippen LogP contribution in [-0.4, -0.2) is 9.55 Å². The number of hydrogen-bond acceptors (Lipinski definition) is 3. The smallest absolute Gasteiger partial charge is 0.298 e. The summed E-state index contributed by atoms with van der Waals surface area (Å²) in [7, 11) is 0. The normalized spacial score (nSPS) is 10.6. The van der Waals surface area contributed by atoms with E-state index < -0.39 is 5.69 Å². The fourth-order valence-corrected chi connectivity index (χ4v) is 2.84. The van der Waals surface area contributed by atoms with Gasteiger partial charge in [-0.2, -0.15) is 0 Å². The zero-order chi connectivity index (χ0) is 12.4. The molecule has 0 bridgehead atoms. The minimum Gasteiger partial charge on any atom is -0.298 e. The number of rotatable bonds is 3. The third-order valence-electron chi connectivity index (χ3n) is 2.47. The van der Waals surface area contributed by atoms with E-state index in [-0.39, 0.29) is 12.1 Å². The summed E-state index contributed by atoms with van der Waals surface area (Å²) in [6, 6.07) is 1.84. The molecule has 1 N–H and O–H groups in total. The van der Waals surface area contributed by atoms with Crippen molar-refractivity contribution in [2.45, 2.75) is 26.3 Å². The average Bonchev–Trinajstić information content (AvgIpc) is 2.67. The molecule has 0 fully saturated rings. The molecule has 0 amide bonds. The van der Waals surface area contributed by atoms with Gasteiger partial charge in [-0.1, -0.05) is 19.3 Å². The summed E-state index contributed by atoms with van der Waals surface area (Å²) in [5, 5.41) is 0.549. The molecule has 2 heterocycles. The van der Waals surface area contributed by atoms with Crippen molar-refractivity contribution in [3.8, 4) is 12.3 Å². The lowest BCUT2D eigenvalue weighted by Crippen LogP contribution is -2.34. The van der Waals surface area contributed by atoms with Gasteiger partial charge in [-0.15, -0.1) is 17.8 Å². The van der Waals surface area contributed by atoms with Crippen molar-refractivity contribution < 1.29 is 0 Å². The second-order valence-electron chi connectivity index (χ2n) is 3.73. The molecule has 17 heavy (non-hydrogen) atoms. The lowest BCUT2D eigenvalue weighted by molar-refractivity contribution is 0.743. The summed E-state index contributed by atoms with van der Waals surface area (Å²) in [5.74, 6) is 2.31. The topological polar surface area (TPSA) is 54.9 Å². The minimum absolute atomic E-state index is 0.00304. The fraction of sp³-hybridized carbons (Fsp3) is 0.333. The molecule has 2 rings (SSSR count). The van der Waals surface area contributed by atoms with Gasteiger partial charge in [0.15, 0.2) is 0 Å². The molecule has 0 aliphatic heterocycles. The fourth-order valence-electron chi connectivity index (χ4n) is 1.70. The van der Waals surface area contributed by atoms with E-state index in [1.54, 1.807) is 0 Å². The van der Waals surface area contributed by atoms with E-state index in [4.69, 9.17) is 6.42 Å². The Morgan fingerprint density at radius 3 is 2.94 bits per heavy atom. The van der Waals surface area contributed by atoms with Crippen LogP contribution in [0.1, 0.15) is 18.2 Å². The Labute approximate surface area is 102 Å². The Balaban J connectivity index is 2.71. The van der Waals surface area contributed by atoms with Crippen LogP contribution in [0.5, 0.6) is 0 Å². The molecule has 0 saturated heterocycles. The number of thiophene rings is 1. The first-order valence-electron chi connectivity index (χ1n) is 5.36. The largest absolute Gasteiger partial charge is 0.330 e. The molecule has 88 valence electrons. The molecule has 5 heteroatoms. The van der Waals surface area contributed by atoms with E-state index >= 15 is 0 Å². The molecular formula is C12H12N2O2S. The highest BCUT2D eigenvalue weighted by atomic mass is 32.1. The first-order valence-corrected chi connectivity index (χ1v) is 6.18. The van der Waals surface area contributed by atoms with Crippen LogP contribution in [0.2, 0.25) is 0 Å². The first kappa shape index (κ1) is 11.7. The van der Waals surface area contributed by atoms with Crippen LogP contribution in [0.25, 0.3) is 10.2 Å². The van der Waals surface area contributed by atoms with Gasteiger partial charge in [0.2, 0.25) is 0 Å². The Hall–Kier alpha value is -1.80. The Bertz CT molecular complexity index is 700. The summed E-state index contributed by atoms with van der Waals surface area (Å²) >= 11 is 1.46. The van der Waals surface area contributed by atoms with E-state index in [1.165, 1.54) is 11.3 Å². The van der Waals surface area contributed by atoms with E-state index in [0.717, 1.165) is 22.3 Å². The summed E-state index contributed by atoms with van der Waals surface area (Å²) in [6.07, 6.45) is 7.06. The second-order valence-corrected chi connectivity index (χ2v) is 4.87. The lowest BCUT2D eigenvalue weighted by Gasteiger charge is -1.98. The van der Waals surface area contributed by atoms with Crippen LogP contribution in [0.3, 0.4) is 0 Å². The van der Waals surface area contributed by atoms with Crippen LogP contribution >= 0.6 is 11.3 Å². The van der Waals surface area contributed by atoms with E-state index in [1.807, 2.05) is 6.07 Å². The third-order valence-corrected chi connectivity index (χ3v) is 3.58. The molecule has 0 saturated carbocycles. The van der Waals surface area contributed by atoms with Crippen molar-refractivity contribution >= 4 is 21.6 Å². The highest BCUT2D eigenvalue weighted by Crippen LogP contribution is 2.21. The van der Waals surface area contributed by atoms with Crippen molar-refractivity contribution in [3.63, 3.8) is 0 Å². The predicted octanol–water partition coefficient (Wildman–Crippen LogP) is 1.34. The van der Waals surface area contributed by atoms with Crippen LogP contribution in [0.4, 0.5) is 0 Å². The molecule has 0 unspecified atom stereocenters. The predicted molar refractivity (Wildman–Crippen MR) is 69.5 cm³/mol. The number of aromatic nitrogens is 2. The highest BCUT2D eigenvalue weighted by molar-refractivity contribution is 7.18. The standard InChI is InChI=1S/C12H12N2O2S/c1-3-5-8-7-9-10(17-8)13-12(16)14(6-4-2)11(9)15/h2,7H,3,5-6H2,1H3,(H,13,16). The van der Waals surface area contributed by atoms with Crippen LogP contribution in [-0.2, 0) is 13.0 Å². The maximum Gasteiger partial charge on any atom is 0.330 e. The number of H-pyrrole nitrogens is 1. The molecule has 0 spiro atoms. The summed E-state index contributed by atoms with van der Waals surface area (Å²) in [5.41, 5.74) is -0.745. The van der Waals surface area contributed by atoms with E-state index in [0.29, 0.717) is 10.2 Å². The zero-order valence-corrected chi connectivity index (χ0v) is 10.3. The van der Waals surface area contributed by atoms with Crippen molar-refractivity contribution in [2.75, 3.05) is 0 Å². The average molecular weight is 248 g/mol. The monoisotopic (exact) mass is 248 g/mol. The number of fused-ring (bicyclic) bond motifs is 1. The molecule has 2 aromatic rings. The summed E-state index contributed by atoms with van der Waals surface area (Å²) < 4.78 is 1.05. The number of nitrogens with zero attached hydrogens (tertiary/aromatic N) is 1. The van der Waals surface area contributed by atoms with Crippen LogP contribution < -0.4 is 11.2 Å². The van der Waals surface area contributed by atoms with Gasteiger partial charge in [-0.3, -0.25) is 9.78 Å². The van der Waals surface area contributed by atoms with Gasteiger partial charge in [0.05, 0.1) is 11.9 Å². The van der Waals surface area contributed by atoms with Crippen LogP contribution in [0, 0.1) is 12.3 Å².